The van der Waals surface area contributed by atoms with Crippen LogP contribution in [0.4, 0.5) is 0 Å². The first-order valence-electron chi connectivity index (χ1n) is 5.99. The lowest BCUT2D eigenvalue weighted by atomic mass is 10.2. The molecule has 1 aromatic carbocycles. The number of halogens is 1. The number of rotatable bonds is 5. The maximum atomic E-state index is 11.6. The summed E-state index contributed by atoms with van der Waals surface area (Å²) in [4.78, 5) is 12.8. The Balaban J connectivity index is 1.81. The molecule has 0 aliphatic heterocycles. The number of quaternary nitrogens is 1. The van der Waals surface area contributed by atoms with E-state index in [1.807, 2.05) is 31.3 Å². The minimum Gasteiger partial charge on any atom is -0.348 e. The van der Waals surface area contributed by atoms with E-state index in [0.717, 1.165) is 34.9 Å². The van der Waals surface area contributed by atoms with Crippen LogP contribution in [0.15, 0.2) is 24.3 Å². The van der Waals surface area contributed by atoms with Crippen LogP contribution in [-0.2, 0) is 11.3 Å². The van der Waals surface area contributed by atoms with E-state index in [1.54, 1.807) is 0 Å². The van der Waals surface area contributed by atoms with Gasteiger partial charge in [-0.25, -0.2) is 0 Å². The second kappa shape index (κ2) is 5.52. The number of amides is 1. The van der Waals surface area contributed by atoms with E-state index >= 15 is 0 Å². The van der Waals surface area contributed by atoms with Gasteiger partial charge in [0.25, 0.3) is 5.91 Å². The first kappa shape index (κ1) is 12.4. The summed E-state index contributed by atoms with van der Waals surface area (Å²) < 4.78 is 0. The van der Waals surface area contributed by atoms with Crippen LogP contribution in [-0.4, -0.2) is 25.5 Å². The van der Waals surface area contributed by atoms with E-state index < -0.39 is 0 Å². The lowest BCUT2D eigenvalue weighted by Gasteiger charge is -2.14. The second-order valence-corrected chi connectivity index (χ2v) is 5.15. The average molecular weight is 254 g/mol. The van der Waals surface area contributed by atoms with Gasteiger partial charge in [-0.1, -0.05) is 29.8 Å². The van der Waals surface area contributed by atoms with Gasteiger partial charge in [-0.3, -0.25) is 4.79 Å². The van der Waals surface area contributed by atoms with Crippen molar-refractivity contribution in [1.82, 2.24) is 5.32 Å². The summed E-state index contributed by atoms with van der Waals surface area (Å²) >= 11 is 6.09. The Morgan fingerprint density at radius 3 is 2.82 bits per heavy atom. The fraction of sp³-hybridized carbons (Fsp3) is 0.462. The molecule has 0 saturated heterocycles. The van der Waals surface area contributed by atoms with Crippen molar-refractivity contribution in [3.8, 4) is 0 Å². The Kier molecular flexibility index (Phi) is 4.02. The lowest BCUT2D eigenvalue weighted by molar-refractivity contribution is -0.885. The number of carbonyl (C=O) groups excluding carboxylic acids is 1. The third-order valence-electron chi connectivity index (χ3n) is 2.85. The fourth-order valence-electron chi connectivity index (χ4n) is 1.81. The molecule has 1 aromatic rings. The molecule has 0 heterocycles. The van der Waals surface area contributed by atoms with E-state index in [9.17, 15) is 4.79 Å². The second-order valence-electron chi connectivity index (χ2n) is 4.74. The molecular weight excluding hydrogens is 236 g/mol. The van der Waals surface area contributed by atoms with E-state index in [4.69, 9.17) is 11.6 Å². The molecule has 1 atom stereocenters. The third kappa shape index (κ3) is 4.02. The van der Waals surface area contributed by atoms with E-state index in [-0.39, 0.29) is 5.91 Å². The van der Waals surface area contributed by atoms with Crippen molar-refractivity contribution >= 4 is 17.5 Å². The molecule has 1 aliphatic carbocycles. The summed E-state index contributed by atoms with van der Waals surface area (Å²) in [7, 11) is 2.01. The van der Waals surface area contributed by atoms with Crippen molar-refractivity contribution in [1.29, 1.82) is 0 Å². The molecule has 1 unspecified atom stereocenters. The highest BCUT2D eigenvalue weighted by molar-refractivity contribution is 6.31. The van der Waals surface area contributed by atoms with E-state index in [2.05, 4.69) is 5.32 Å². The van der Waals surface area contributed by atoms with Crippen LogP contribution >= 0.6 is 11.6 Å². The van der Waals surface area contributed by atoms with Crippen molar-refractivity contribution in [3.63, 3.8) is 0 Å². The number of likely N-dealkylation sites (N-methyl/N-ethyl adjacent to an activating group) is 1. The number of nitrogens with one attached hydrogen (secondary N) is 2. The van der Waals surface area contributed by atoms with Gasteiger partial charge in [0.1, 0.15) is 6.54 Å². The monoisotopic (exact) mass is 253 g/mol. The number of hydrogen-bond acceptors (Lipinski definition) is 1. The van der Waals surface area contributed by atoms with Gasteiger partial charge in [-0.2, -0.15) is 0 Å². The highest BCUT2D eigenvalue weighted by atomic mass is 35.5. The predicted molar refractivity (Wildman–Crippen MR) is 68.1 cm³/mol. The van der Waals surface area contributed by atoms with Crippen LogP contribution in [0.3, 0.4) is 0 Å². The largest absolute Gasteiger partial charge is 0.348 e. The molecule has 2 rings (SSSR count). The molecular formula is C13H18ClN2O+. The van der Waals surface area contributed by atoms with Gasteiger partial charge < -0.3 is 10.2 Å². The Morgan fingerprint density at radius 2 is 2.18 bits per heavy atom. The number of benzene rings is 1. The third-order valence-corrected chi connectivity index (χ3v) is 3.22. The van der Waals surface area contributed by atoms with Gasteiger partial charge in [-0.15, -0.1) is 0 Å². The standard InChI is InChI=1S/C13H17ClN2O/c1-16(9-13(17)15-11-6-7-11)8-10-4-2-3-5-12(10)14/h2-5,11H,6-9H2,1H3,(H,15,17)/p+1. The lowest BCUT2D eigenvalue weighted by Crippen LogP contribution is -3.08. The van der Waals surface area contributed by atoms with Crippen molar-refractivity contribution in [2.45, 2.75) is 25.4 Å². The summed E-state index contributed by atoms with van der Waals surface area (Å²) in [6.07, 6.45) is 2.27. The van der Waals surface area contributed by atoms with E-state index in [0.29, 0.717) is 12.6 Å². The molecule has 0 spiro atoms. The molecule has 0 radical (unpaired) electrons. The molecule has 4 heteroatoms. The molecule has 1 saturated carbocycles. The van der Waals surface area contributed by atoms with Crippen LogP contribution in [0.5, 0.6) is 0 Å². The van der Waals surface area contributed by atoms with Gasteiger partial charge in [0, 0.05) is 16.6 Å². The zero-order chi connectivity index (χ0) is 12.3. The van der Waals surface area contributed by atoms with Gasteiger partial charge in [0.05, 0.1) is 7.05 Å². The first-order valence-corrected chi connectivity index (χ1v) is 6.37. The summed E-state index contributed by atoms with van der Waals surface area (Å²) in [6.45, 7) is 1.28. The SMILES string of the molecule is C[NH+](CC(=O)NC1CC1)Cc1ccccc1Cl. The van der Waals surface area contributed by atoms with Crippen LogP contribution in [0, 0.1) is 0 Å². The molecule has 3 nitrogen and oxygen atoms in total. The van der Waals surface area contributed by atoms with Crippen LogP contribution in [0.25, 0.3) is 0 Å². The quantitative estimate of drug-likeness (QED) is 0.793. The molecule has 1 aliphatic rings. The van der Waals surface area contributed by atoms with Crippen molar-refractivity contribution in [2.75, 3.05) is 13.6 Å². The van der Waals surface area contributed by atoms with Crippen molar-refractivity contribution in [2.24, 2.45) is 0 Å². The first-order chi connectivity index (χ1) is 8.15. The Hall–Kier alpha value is -1.06. The molecule has 0 aromatic heterocycles. The minimum absolute atomic E-state index is 0.136. The van der Waals surface area contributed by atoms with Gasteiger partial charge in [0.2, 0.25) is 0 Å². The Labute approximate surface area is 107 Å². The normalized spacial score (nSPS) is 16.6. The van der Waals surface area contributed by atoms with Crippen molar-refractivity contribution in [3.05, 3.63) is 34.9 Å². The Morgan fingerprint density at radius 1 is 1.47 bits per heavy atom. The molecule has 1 amide bonds. The predicted octanol–water partition coefficient (Wildman–Crippen LogP) is 0.633. The van der Waals surface area contributed by atoms with E-state index in [1.165, 1.54) is 0 Å². The van der Waals surface area contributed by atoms with Gasteiger partial charge in [-0.05, 0) is 18.9 Å². The number of hydrogen-bond donors (Lipinski definition) is 2. The zero-order valence-electron chi connectivity index (χ0n) is 10.0. The van der Waals surface area contributed by atoms with Crippen molar-refractivity contribution < 1.29 is 9.69 Å². The molecule has 17 heavy (non-hydrogen) atoms. The average Bonchev–Trinajstić information content (AvgIpc) is 3.05. The molecule has 2 N–H and O–H groups in total. The zero-order valence-corrected chi connectivity index (χ0v) is 10.8. The topological polar surface area (TPSA) is 33.5 Å². The number of carbonyl (C=O) groups is 1. The van der Waals surface area contributed by atoms with Gasteiger partial charge in [0.15, 0.2) is 6.54 Å². The fourth-order valence-corrected chi connectivity index (χ4v) is 2.01. The minimum atomic E-state index is 0.136. The molecule has 92 valence electrons. The van der Waals surface area contributed by atoms with Crippen LogP contribution in [0.2, 0.25) is 5.02 Å². The maximum Gasteiger partial charge on any atom is 0.275 e. The summed E-state index contributed by atoms with van der Waals surface area (Å²) in [6, 6.07) is 8.22. The Bertz CT molecular complexity index is 404. The van der Waals surface area contributed by atoms with Gasteiger partial charge >= 0.3 is 0 Å². The molecule has 1 fully saturated rings. The van der Waals surface area contributed by atoms with Crippen LogP contribution in [0.1, 0.15) is 18.4 Å². The summed E-state index contributed by atoms with van der Waals surface area (Å²) in [5.41, 5.74) is 1.09. The summed E-state index contributed by atoms with van der Waals surface area (Å²) in [5.74, 6) is 0.136. The highest BCUT2D eigenvalue weighted by Gasteiger charge is 2.24. The van der Waals surface area contributed by atoms with Crippen LogP contribution < -0.4 is 10.2 Å². The molecule has 0 bridgehead atoms. The highest BCUT2D eigenvalue weighted by Crippen LogP contribution is 2.18. The maximum absolute atomic E-state index is 11.6. The smallest absolute Gasteiger partial charge is 0.275 e. The summed E-state index contributed by atoms with van der Waals surface area (Å²) in [5, 5.41) is 3.77.